The fourth-order valence-corrected chi connectivity index (χ4v) is 9.49. The van der Waals surface area contributed by atoms with Gasteiger partial charge in [-0.25, -0.2) is 14.6 Å². The first kappa shape index (κ1) is 40.9. The number of aromatic nitrogens is 5. The van der Waals surface area contributed by atoms with E-state index in [1.807, 2.05) is 18.2 Å². The van der Waals surface area contributed by atoms with E-state index in [9.17, 15) is 39.0 Å². The van der Waals surface area contributed by atoms with Crippen LogP contribution >= 0.6 is 34.9 Å². The molecule has 0 aromatic carbocycles. The predicted octanol–water partition coefficient (Wildman–Crippen LogP) is -1.26. The molecule has 0 radical (unpaired) electrons. The Morgan fingerprint density at radius 2 is 1.68 bits per heavy atom. The standard InChI is InChI=1S/C16H17N9O5S2.C16H19N3O5S/c1-6-20-23-24(21-6)3-7-4-31-14-10(13(27)25(14)11(7)15(28)29)19-12(26)9(22-30-2)8-5-32-16(17)18-8;1-24-9-7-25-15-11(14(21)19(15)12(9)16(22)23)18-13(20)10(17)8-5-3-2-4-6-8/h5,10,14H,3-4H2,1-2H3,(H2,17,18)(H,19,26)(H,28,29);2-3,6,10-11,15H,4-5,7,17H2,1H3,(H,18,20)(H,22,23)/b22-9+;/t10-,14-;10-,11-,15-/m11/s1. The maximum atomic E-state index is 12.8. The van der Waals surface area contributed by atoms with Crippen LogP contribution in [-0.4, -0.2) is 141 Å². The number of nitrogen functional groups attached to an aromatic ring is 1. The zero-order chi connectivity index (χ0) is 41.1. The van der Waals surface area contributed by atoms with E-state index in [-0.39, 0.29) is 40.2 Å². The maximum absolute atomic E-state index is 12.8. The first-order valence-electron chi connectivity index (χ1n) is 16.9. The molecule has 4 aliphatic heterocycles. The van der Waals surface area contributed by atoms with Crippen LogP contribution < -0.4 is 22.1 Å². The van der Waals surface area contributed by atoms with Crippen molar-refractivity contribution in [3.8, 4) is 0 Å². The lowest BCUT2D eigenvalue weighted by Crippen LogP contribution is -2.71. The Bertz CT molecular complexity index is 2160. The van der Waals surface area contributed by atoms with Crippen molar-refractivity contribution in [2.75, 3.05) is 31.5 Å². The first-order chi connectivity index (χ1) is 27.2. The lowest BCUT2D eigenvalue weighted by atomic mass is 9.97. The van der Waals surface area contributed by atoms with Gasteiger partial charge >= 0.3 is 11.9 Å². The van der Waals surface area contributed by atoms with E-state index in [1.165, 1.54) is 47.9 Å². The molecule has 25 heteroatoms. The number of allylic oxidation sites excluding steroid dienone is 3. The molecule has 0 spiro atoms. The average Bonchev–Trinajstić information content (AvgIpc) is 3.83. The summed E-state index contributed by atoms with van der Waals surface area (Å²) in [6.45, 7) is 1.74. The second kappa shape index (κ2) is 17.1. The monoisotopic (exact) mass is 844 g/mol. The van der Waals surface area contributed by atoms with E-state index >= 15 is 0 Å². The van der Waals surface area contributed by atoms with Crippen molar-refractivity contribution in [2.24, 2.45) is 10.9 Å². The van der Waals surface area contributed by atoms with E-state index < -0.39 is 64.4 Å². The summed E-state index contributed by atoms with van der Waals surface area (Å²) in [7, 11) is 2.64. The fourth-order valence-electron chi connectivity index (χ4n) is 6.30. The zero-order valence-electron chi connectivity index (χ0n) is 30.3. The number of oxime groups is 1. The molecule has 1 aliphatic carbocycles. The summed E-state index contributed by atoms with van der Waals surface area (Å²) in [5.74, 6) is -3.31. The van der Waals surface area contributed by atoms with E-state index in [2.05, 4.69) is 36.2 Å². The summed E-state index contributed by atoms with van der Waals surface area (Å²) in [6, 6.07) is -2.53. The number of rotatable bonds is 12. The molecule has 57 heavy (non-hydrogen) atoms. The molecule has 6 heterocycles. The van der Waals surface area contributed by atoms with Gasteiger partial charge in [-0.1, -0.05) is 23.4 Å². The van der Waals surface area contributed by atoms with Crippen LogP contribution in [0.15, 0.2) is 57.1 Å². The summed E-state index contributed by atoms with van der Waals surface area (Å²) in [6.07, 6.45) is 7.20. The van der Waals surface area contributed by atoms with Gasteiger partial charge in [-0.05, 0) is 36.1 Å². The Kier molecular flexibility index (Phi) is 12.3. The number of amides is 4. The number of thioether (sulfide) groups is 2. The van der Waals surface area contributed by atoms with Crippen molar-refractivity contribution >= 4 is 81.3 Å². The molecule has 2 fully saturated rings. The third kappa shape index (κ3) is 8.21. The number of carbonyl (C=O) groups is 6. The van der Waals surface area contributed by atoms with Crippen LogP contribution in [0.1, 0.15) is 24.4 Å². The molecule has 5 atom stereocenters. The van der Waals surface area contributed by atoms with Crippen molar-refractivity contribution in [3.63, 3.8) is 0 Å². The van der Waals surface area contributed by atoms with Crippen molar-refractivity contribution in [1.82, 2.24) is 45.6 Å². The van der Waals surface area contributed by atoms with Gasteiger partial charge in [0.15, 0.2) is 22.4 Å². The number of β-lactam (4-membered cyclic amide) rings is 2. The molecule has 302 valence electrons. The molecule has 0 unspecified atom stereocenters. The first-order valence-corrected chi connectivity index (χ1v) is 19.9. The third-order valence-corrected chi connectivity index (χ3v) is 12.2. The van der Waals surface area contributed by atoms with Crippen LogP contribution in [0.25, 0.3) is 0 Å². The van der Waals surface area contributed by atoms with Crippen molar-refractivity contribution in [1.29, 1.82) is 0 Å². The molecular weight excluding hydrogens is 809 g/mol. The number of hydrogen-bond donors (Lipinski definition) is 6. The Balaban J connectivity index is 0.000000199. The topological polar surface area (TPSA) is 313 Å². The summed E-state index contributed by atoms with van der Waals surface area (Å²) >= 11 is 3.79. The highest BCUT2D eigenvalue weighted by Gasteiger charge is 2.56. The number of tetrazole rings is 1. The van der Waals surface area contributed by atoms with E-state index in [4.69, 9.17) is 21.0 Å². The van der Waals surface area contributed by atoms with Crippen LogP contribution in [0.3, 0.4) is 0 Å². The molecule has 0 saturated carbocycles. The number of nitrogens with two attached hydrogens (primary N) is 2. The van der Waals surface area contributed by atoms with Gasteiger partial charge in [0.05, 0.1) is 19.4 Å². The number of anilines is 1. The average molecular weight is 845 g/mol. The van der Waals surface area contributed by atoms with Gasteiger partial charge in [0.25, 0.3) is 17.7 Å². The Morgan fingerprint density at radius 3 is 2.25 bits per heavy atom. The Labute approximate surface area is 335 Å². The molecule has 22 nitrogen and oxygen atoms in total. The van der Waals surface area contributed by atoms with E-state index in [0.717, 1.165) is 33.1 Å². The zero-order valence-corrected chi connectivity index (χ0v) is 32.8. The van der Waals surface area contributed by atoms with Crippen LogP contribution in [-0.2, 0) is 44.9 Å². The van der Waals surface area contributed by atoms with Gasteiger partial charge in [0.2, 0.25) is 5.91 Å². The second-order valence-electron chi connectivity index (χ2n) is 12.5. The number of ether oxygens (including phenoxy) is 1. The number of methoxy groups -OCH3 is 1. The number of carboxylic acids is 2. The predicted molar refractivity (Wildman–Crippen MR) is 203 cm³/mol. The highest BCUT2D eigenvalue weighted by molar-refractivity contribution is 8.00. The summed E-state index contributed by atoms with van der Waals surface area (Å²) in [5.41, 5.74) is 12.6. The van der Waals surface area contributed by atoms with Crippen LogP contribution in [0, 0.1) is 6.92 Å². The molecule has 7 rings (SSSR count). The highest BCUT2D eigenvalue weighted by Crippen LogP contribution is 2.42. The number of aliphatic carboxylic acids is 2. The molecular formula is C32H36N12O10S3. The third-order valence-electron chi connectivity index (χ3n) is 8.98. The Hall–Kier alpha value is -5.79. The normalized spacial score (nSPS) is 23.2. The number of carbonyl (C=O) groups excluding carboxylic acids is 4. The molecule has 0 bridgehead atoms. The lowest BCUT2D eigenvalue weighted by Gasteiger charge is -2.49. The lowest BCUT2D eigenvalue weighted by molar-refractivity contribution is -0.151. The van der Waals surface area contributed by atoms with Gasteiger partial charge < -0.3 is 41.9 Å². The molecule has 8 N–H and O–H groups in total. The number of nitrogens with zero attached hydrogens (tertiary/aromatic N) is 8. The summed E-state index contributed by atoms with van der Waals surface area (Å²) in [5, 5.41) is 40.4. The van der Waals surface area contributed by atoms with Crippen molar-refractivity contribution in [2.45, 2.75) is 55.2 Å². The van der Waals surface area contributed by atoms with Crippen LogP contribution in [0.5, 0.6) is 0 Å². The number of hydrogen-bond acceptors (Lipinski definition) is 18. The minimum atomic E-state index is -1.25. The SMILES string of the molecule is CO/N=C(/C(=O)N[C@@H]1C(=O)N2C(C(=O)O)=C(Cn3nnc(C)n3)CS[C@H]12)c1csc(N)n1.COC1=C(C(=O)O)N2C(=O)[C@@H](NC(=O)[C@H](N)C3=CCC=CC3)[C@H]2SC1. The van der Waals surface area contributed by atoms with Gasteiger partial charge in [0, 0.05) is 11.1 Å². The quantitative estimate of drug-likeness (QED) is 0.0629. The molecule has 2 saturated heterocycles. The second-order valence-corrected chi connectivity index (χ2v) is 15.6. The number of carboxylic acid groups (broad SMARTS) is 2. The Morgan fingerprint density at radius 1 is 1.02 bits per heavy atom. The molecule has 4 amide bonds. The van der Waals surface area contributed by atoms with Crippen molar-refractivity contribution in [3.05, 3.63) is 63.4 Å². The summed E-state index contributed by atoms with van der Waals surface area (Å²) < 4.78 is 5.06. The molecule has 2 aromatic heterocycles. The number of aryl methyl sites for hydroxylation is 1. The van der Waals surface area contributed by atoms with Gasteiger partial charge in [-0.15, -0.1) is 45.1 Å². The van der Waals surface area contributed by atoms with Gasteiger partial charge in [-0.2, -0.15) is 4.80 Å². The smallest absolute Gasteiger partial charge is 0.356 e. The van der Waals surface area contributed by atoms with Crippen LogP contribution in [0.4, 0.5) is 5.13 Å². The number of thiazole rings is 1. The largest absolute Gasteiger partial charge is 0.498 e. The van der Waals surface area contributed by atoms with E-state index in [1.54, 1.807) is 6.92 Å². The number of fused-ring (bicyclic) bond motifs is 2. The van der Waals surface area contributed by atoms with Gasteiger partial charge in [-0.3, -0.25) is 29.0 Å². The van der Waals surface area contributed by atoms with Crippen LogP contribution in [0.2, 0.25) is 0 Å². The van der Waals surface area contributed by atoms with Gasteiger partial charge in [0.1, 0.15) is 53.1 Å². The fraction of sp³-hybridized carbons (Fsp3) is 0.406. The minimum absolute atomic E-state index is 0.0822. The van der Waals surface area contributed by atoms with E-state index in [0.29, 0.717) is 29.3 Å². The van der Waals surface area contributed by atoms with Crippen molar-refractivity contribution < 1.29 is 48.6 Å². The summed E-state index contributed by atoms with van der Waals surface area (Å²) in [4.78, 5) is 86.0. The molecule has 5 aliphatic rings. The minimum Gasteiger partial charge on any atom is -0.498 e. The molecule has 2 aromatic rings. The maximum Gasteiger partial charge on any atom is 0.356 e. The number of nitrogens with one attached hydrogen (secondary N) is 2. The highest BCUT2D eigenvalue weighted by atomic mass is 32.2.